The van der Waals surface area contributed by atoms with Gasteiger partial charge >= 0.3 is 0 Å². The Morgan fingerprint density at radius 2 is 2.45 bits per heavy atom. The van der Waals surface area contributed by atoms with E-state index >= 15 is 0 Å². The fraction of sp³-hybridized carbons (Fsp3) is 0.429. The van der Waals surface area contributed by atoms with Crippen LogP contribution < -0.4 is 5.73 Å². The van der Waals surface area contributed by atoms with Crippen LogP contribution in [0.15, 0.2) is 6.20 Å². The van der Waals surface area contributed by atoms with E-state index in [-0.39, 0.29) is 5.84 Å². The molecule has 1 aromatic rings. The molecule has 0 radical (unpaired) electrons. The highest BCUT2D eigenvalue weighted by atomic mass is 15.3. The van der Waals surface area contributed by atoms with Gasteiger partial charge in [-0.05, 0) is 6.92 Å². The molecule has 0 saturated carbocycles. The van der Waals surface area contributed by atoms with Crippen molar-refractivity contribution >= 4 is 5.84 Å². The molecular weight excluding hydrogens is 140 g/mol. The Labute approximate surface area is 65.5 Å². The largest absolute Gasteiger partial charge is 0.387 e. The number of rotatable bonds is 2. The van der Waals surface area contributed by atoms with E-state index in [4.69, 9.17) is 11.1 Å². The SMILES string of the molecule is Cc1c(CC(=N)N)cnn1C. The smallest absolute Gasteiger partial charge is 0.0951 e. The molecule has 0 aliphatic heterocycles. The molecular formula is C7H12N4. The molecule has 0 amide bonds. The number of nitrogens with zero attached hydrogens (tertiary/aromatic N) is 2. The highest BCUT2D eigenvalue weighted by Gasteiger charge is 2.03. The molecule has 4 heteroatoms. The minimum Gasteiger partial charge on any atom is -0.387 e. The third-order valence-electron chi connectivity index (χ3n) is 1.72. The first-order valence-corrected chi connectivity index (χ1v) is 3.41. The van der Waals surface area contributed by atoms with Crippen LogP contribution in [0.5, 0.6) is 0 Å². The van der Waals surface area contributed by atoms with Crippen molar-refractivity contribution in [2.45, 2.75) is 13.3 Å². The normalized spacial score (nSPS) is 10.0. The summed E-state index contributed by atoms with van der Waals surface area (Å²) >= 11 is 0. The quantitative estimate of drug-likeness (QED) is 0.469. The van der Waals surface area contributed by atoms with Crippen molar-refractivity contribution in [3.8, 4) is 0 Å². The van der Waals surface area contributed by atoms with Gasteiger partial charge in [0.05, 0.1) is 12.0 Å². The summed E-state index contributed by atoms with van der Waals surface area (Å²) in [4.78, 5) is 0. The van der Waals surface area contributed by atoms with Crippen LogP contribution in [0.1, 0.15) is 11.3 Å². The number of aryl methyl sites for hydroxylation is 1. The van der Waals surface area contributed by atoms with E-state index in [1.165, 1.54) is 0 Å². The topological polar surface area (TPSA) is 67.7 Å². The predicted molar refractivity (Wildman–Crippen MR) is 43.6 cm³/mol. The Morgan fingerprint density at radius 1 is 1.82 bits per heavy atom. The van der Waals surface area contributed by atoms with Gasteiger partial charge in [-0.25, -0.2) is 0 Å². The monoisotopic (exact) mass is 152 g/mol. The maximum Gasteiger partial charge on any atom is 0.0951 e. The van der Waals surface area contributed by atoms with Crippen LogP contribution in [0, 0.1) is 12.3 Å². The molecule has 0 aromatic carbocycles. The van der Waals surface area contributed by atoms with Gasteiger partial charge in [-0.2, -0.15) is 5.10 Å². The molecule has 0 saturated heterocycles. The second kappa shape index (κ2) is 2.74. The average molecular weight is 152 g/mol. The fourth-order valence-electron chi connectivity index (χ4n) is 0.923. The van der Waals surface area contributed by atoms with Gasteiger partial charge in [-0.1, -0.05) is 0 Å². The number of hydrogen-bond acceptors (Lipinski definition) is 2. The molecule has 0 aliphatic carbocycles. The predicted octanol–water partition coefficient (Wildman–Crippen LogP) is 0.207. The summed E-state index contributed by atoms with van der Waals surface area (Å²) in [6.45, 7) is 1.96. The van der Waals surface area contributed by atoms with Gasteiger partial charge in [-0.3, -0.25) is 10.1 Å². The van der Waals surface area contributed by atoms with Crippen molar-refractivity contribution in [3.63, 3.8) is 0 Å². The molecule has 3 N–H and O–H groups in total. The molecule has 4 nitrogen and oxygen atoms in total. The zero-order valence-corrected chi connectivity index (χ0v) is 6.76. The molecule has 0 atom stereocenters. The minimum atomic E-state index is 0.182. The number of aromatic nitrogens is 2. The molecule has 1 heterocycles. The average Bonchev–Trinajstić information content (AvgIpc) is 2.18. The van der Waals surface area contributed by atoms with Crippen LogP contribution in [0.25, 0.3) is 0 Å². The van der Waals surface area contributed by atoms with Gasteiger partial charge in [0.15, 0.2) is 0 Å². The van der Waals surface area contributed by atoms with Gasteiger partial charge in [-0.15, -0.1) is 0 Å². The van der Waals surface area contributed by atoms with E-state index < -0.39 is 0 Å². The van der Waals surface area contributed by atoms with Gasteiger partial charge in [0, 0.05) is 24.7 Å². The Balaban J connectivity index is 2.87. The van der Waals surface area contributed by atoms with E-state index in [1.54, 1.807) is 10.9 Å². The Hall–Kier alpha value is -1.32. The lowest BCUT2D eigenvalue weighted by atomic mass is 10.2. The fourth-order valence-corrected chi connectivity index (χ4v) is 0.923. The highest BCUT2D eigenvalue weighted by molar-refractivity contribution is 5.79. The van der Waals surface area contributed by atoms with Crippen molar-refractivity contribution in [2.24, 2.45) is 12.8 Å². The van der Waals surface area contributed by atoms with Crippen LogP contribution in [0.4, 0.5) is 0 Å². The molecule has 0 spiro atoms. The Kier molecular flexibility index (Phi) is 1.94. The highest BCUT2D eigenvalue weighted by Crippen LogP contribution is 2.05. The standard InChI is InChI=1S/C7H12N4/c1-5-6(3-7(8)9)4-10-11(5)2/h4H,3H2,1-2H3,(H3,8,9). The molecule has 11 heavy (non-hydrogen) atoms. The third kappa shape index (κ3) is 1.58. The first-order chi connectivity index (χ1) is 5.11. The van der Waals surface area contributed by atoms with Crippen LogP contribution in [-0.4, -0.2) is 15.6 Å². The maximum atomic E-state index is 7.08. The molecule has 0 unspecified atom stereocenters. The zero-order chi connectivity index (χ0) is 8.43. The van der Waals surface area contributed by atoms with Crippen molar-refractivity contribution in [1.82, 2.24) is 9.78 Å². The maximum absolute atomic E-state index is 7.08. The number of amidine groups is 1. The van der Waals surface area contributed by atoms with Crippen LogP contribution in [-0.2, 0) is 13.5 Å². The zero-order valence-electron chi connectivity index (χ0n) is 6.76. The van der Waals surface area contributed by atoms with Crippen molar-refractivity contribution < 1.29 is 0 Å². The van der Waals surface area contributed by atoms with Crippen molar-refractivity contribution in [3.05, 3.63) is 17.5 Å². The van der Waals surface area contributed by atoms with Gasteiger partial charge < -0.3 is 5.73 Å². The summed E-state index contributed by atoms with van der Waals surface area (Å²) in [7, 11) is 1.87. The van der Waals surface area contributed by atoms with E-state index in [2.05, 4.69) is 5.10 Å². The van der Waals surface area contributed by atoms with Crippen LogP contribution >= 0.6 is 0 Å². The van der Waals surface area contributed by atoms with Crippen molar-refractivity contribution in [2.75, 3.05) is 0 Å². The van der Waals surface area contributed by atoms with Crippen LogP contribution in [0.3, 0.4) is 0 Å². The summed E-state index contributed by atoms with van der Waals surface area (Å²) in [6, 6.07) is 0. The molecule has 0 aliphatic rings. The van der Waals surface area contributed by atoms with Gasteiger partial charge in [0.2, 0.25) is 0 Å². The number of hydrogen-bond donors (Lipinski definition) is 2. The first kappa shape index (κ1) is 7.78. The molecule has 0 fully saturated rings. The third-order valence-corrected chi connectivity index (χ3v) is 1.72. The van der Waals surface area contributed by atoms with Gasteiger partial charge in [0.1, 0.15) is 0 Å². The summed E-state index contributed by atoms with van der Waals surface area (Å²) in [5.74, 6) is 0.182. The summed E-state index contributed by atoms with van der Waals surface area (Å²) < 4.78 is 1.78. The number of nitrogens with two attached hydrogens (primary N) is 1. The minimum absolute atomic E-state index is 0.182. The summed E-state index contributed by atoms with van der Waals surface area (Å²) in [5.41, 5.74) is 7.35. The number of nitrogens with one attached hydrogen (secondary N) is 1. The van der Waals surface area contributed by atoms with E-state index in [1.807, 2.05) is 14.0 Å². The molecule has 0 bridgehead atoms. The van der Waals surface area contributed by atoms with E-state index in [0.717, 1.165) is 11.3 Å². The Bertz CT molecular complexity index is 274. The van der Waals surface area contributed by atoms with Crippen molar-refractivity contribution in [1.29, 1.82) is 5.41 Å². The second-order valence-electron chi connectivity index (χ2n) is 2.58. The van der Waals surface area contributed by atoms with Crippen LogP contribution in [0.2, 0.25) is 0 Å². The van der Waals surface area contributed by atoms with Gasteiger partial charge in [0.25, 0.3) is 0 Å². The second-order valence-corrected chi connectivity index (χ2v) is 2.58. The first-order valence-electron chi connectivity index (χ1n) is 3.41. The molecule has 1 rings (SSSR count). The lowest BCUT2D eigenvalue weighted by Crippen LogP contribution is -2.13. The molecule has 60 valence electrons. The lowest BCUT2D eigenvalue weighted by molar-refractivity contribution is 0.738. The lowest BCUT2D eigenvalue weighted by Gasteiger charge is -1.97. The summed E-state index contributed by atoms with van der Waals surface area (Å²) in [6.07, 6.45) is 2.25. The van der Waals surface area contributed by atoms with E-state index in [9.17, 15) is 0 Å². The summed E-state index contributed by atoms with van der Waals surface area (Å²) in [5, 5.41) is 11.1. The van der Waals surface area contributed by atoms with E-state index in [0.29, 0.717) is 6.42 Å². The Morgan fingerprint density at radius 3 is 2.82 bits per heavy atom. The molecule has 1 aromatic heterocycles.